The van der Waals surface area contributed by atoms with Crippen molar-refractivity contribution in [2.24, 2.45) is 0 Å². The predicted molar refractivity (Wildman–Crippen MR) is 91.6 cm³/mol. The van der Waals surface area contributed by atoms with Crippen LogP contribution in [0.3, 0.4) is 0 Å². The lowest BCUT2D eigenvalue weighted by Gasteiger charge is -2.26. The van der Waals surface area contributed by atoms with Crippen molar-refractivity contribution < 1.29 is 14.2 Å². The van der Waals surface area contributed by atoms with E-state index in [-0.39, 0.29) is 0 Å². The van der Waals surface area contributed by atoms with Gasteiger partial charge >= 0.3 is 0 Å². The molecule has 0 N–H and O–H groups in total. The molecule has 2 aromatic rings. The van der Waals surface area contributed by atoms with Crippen LogP contribution in [0.25, 0.3) is 11.3 Å². The Morgan fingerprint density at radius 3 is 2.13 bits per heavy atom. The molecule has 4 nitrogen and oxygen atoms in total. The summed E-state index contributed by atoms with van der Waals surface area (Å²) in [5, 5.41) is 0. The maximum atomic E-state index is 5.49. The standard InChI is InChI=1S/C19H25NO3/c1-21-17-12-14(13-18(22-2)19(17)23-3)16-10-7-11-20(16)15-8-5-4-6-9-15/h7,10-13,15H,4-6,8-9H2,1-3H3. The number of hydrogen-bond donors (Lipinski definition) is 0. The van der Waals surface area contributed by atoms with Gasteiger partial charge in [0.15, 0.2) is 11.5 Å². The van der Waals surface area contributed by atoms with Crippen LogP contribution in [-0.2, 0) is 0 Å². The first-order valence-corrected chi connectivity index (χ1v) is 8.25. The zero-order valence-electron chi connectivity index (χ0n) is 14.2. The van der Waals surface area contributed by atoms with Crippen LogP contribution in [0, 0.1) is 0 Å². The van der Waals surface area contributed by atoms with Crippen molar-refractivity contribution >= 4 is 0 Å². The number of benzene rings is 1. The summed E-state index contributed by atoms with van der Waals surface area (Å²) < 4.78 is 18.8. The molecule has 1 saturated carbocycles. The summed E-state index contributed by atoms with van der Waals surface area (Å²) in [4.78, 5) is 0. The van der Waals surface area contributed by atoms with Crippen LogP contribution < -0.4 is 14.2 Å². The maximum Gasteiger partial charge on any atom is 0.203 e. The summed E-state index contributed by atoms with van der Waals surface area (Å²) >= 11 is 0. The number of nitrogens with zero attached hydrogens (tertiary/aromatic N) is 1. The van der Waals surface area contributed by atoms with Crippen LogP contribution >= 0.6 is 0 Å². The second-order valence-electron chi connectivity index (χ2n) is 6.01. The molecule has 0 saturated heterocycles. The van der Waals surface area contributed by atoms with Gasteiger partial charge < -0.3 is 18.8 Å². The Labute approximate surface area is 138 Å². The molecule has 0 bridgehead atoms. The lowest BCUT2D eigenvalue weighted by molar-refractivity contribution is 0.324. The second-order valence-corrected chi connectivity index (χ2v) is 6.01. The SMILES string of the molecule is COc1cc(-c2cccn2C2CCCCC2)cc(OC)c1OC. The van der Waals surface area contributed by atoms with E-state index in [4.69, 9.17) is 14.2 Å². The average Bonchev–Trinajstić information content (AvgIpc) is 3.10. The van der Waals surface area contributed by atoms with Crippen LogP contribution in [0.1, 0.15) is 38.1 Å². The molecule has 0 atom stereocenters. The lowest BCUT2D eigenvalue weighted by Crippen LogP contribution is -2.12. The summed E-state index contributed by atoms with van der Waals surface area (Å²) in [5.74, 6) is 2.02. The van der Waals surface area contributed by atoms with Gasteiger partial charge in [0.2, 0.25) is 5.75 Å². The van der Waals surface area contributed by atoms with E-state index >= 15 is 0 Å². The van der Waals surface area contributed by atoms with E-state index in [1.54, 1.807) is 21.3 Å². The van der Waals surface area contributed by atoms with Crippen molar-refractivity contribution in [1.82, 2.24) is 4.57 Å². The molecule has 4 heteroatoms. The third kappa shape index (κ3) is 3.03. The minimum atomic E-state index is 0.591. The van der Waals surface area contributed by atoms with E-state index in [9.17, 15) is 0 Å². The van der Waals surface area contributed by atoms with Crippen LogP contribution in [0.4, 0.5) is 0 Å². The van der Waals surface area contributed by atoms with E-state index < -0.39 is 0 Å². The summed E-state index contributed by atoms with van der Waals surface area (Å²) in [6.07, 6.45) is 8.69. The van der Waals surface area contributed by atoms with E-state index in [1.807, 2.05) is 12.1 Å². The van der Waals surface area contributed by atoms with Crippen LogP contribution in [0.2, 0.25) is 0 Å². The Bertz CT molecular complexity index is 631. The van der Waals surface area contributed by atoms with Gasteiger partial charge in [0.1, 0.15) is 0 Å². The van der Waals surface area contributed by atoms with Gasteiger partial charge in [-0.15, -0.1) is 0 Å². The van der Waals surface area contributed by atoms with Crippen LogP contribution in [0.5, 0.6) is 17.2 Å². The summed E-state index contributed by atoms with van der Waals surface area (Å²) in [6, 6.07) is 8.92. The fourth-order valence-corrected chi connectivity index (χ4v) is 3.55. The summed E-state index contributed by atoms with van der Waals surface area (Å²) in [5.41, 5.74) is 2.30. The number of ether oxygens (including phenoxy) is 3. The highest BCUT2D eigenvalue weighted by Gasteiger charge is 2.20. The quantitative estimate of drug-likeness (QED) is 0.802. The van der Waals surface area contributed by atoms with Gasteiger partial charge in [0, 0.05) is 23.5 Å². The van der Waals surface area contributed by atoms with Crippen LogP contribution in [0.15, 0.2) is 30.5 Å². The van der Waals surface area contributed by atoms with Crippen LogP contribution in [-0.4, -0.2) is 25.9 Å². The third-order valence-corrected chi connectivity index (χ3v) is 4.71. The maximum absolute atomic E-state index is 5.49. The average molecular weight is 315 g/mol. The lowest BCUT2D eigenvalue weighted by atomic mass is 9.95. The van der Waals surface area contributed by atoms with E-state index in [0.29, 0.717) is 23.3 Å². The van der Waals surface area contributed by atoms with E-state index in [2.05, 4.69) is 22.9 Å². The van der Waals surface area contributed by atoms with Crippen molar-refractivity contribution in [1.29, 1.82) is 0 Å². The Morgan fingerprint density at radius 1 is 0.913 bits per heavy atom. The Morgan fingerprint density at radius 2 is 1.57 bits per heavy atom. The highest BCUT2D eigenvalue weighted by Crippen LogP contribution is 2.42. The van der Waals surface area contributed by atoms with Crippen molar-refractivity contribution in [2.75, 3.05) is 21.3 Å². The van der Waals surface area contributed by atoms with Crippen molar-refractivity contribution in [3.63, 3.8) is 0 Å². The minimum Gasteiger partial charge on any atom is -0.493 e. The Hall–Kier alpha value is -2.10. The minimum absolute atomic E-state index is 0.591. The van der Waals surface area contributed by atoms with Gasteiger partial charge in [-0.25, -0.2) is 0 Å². The number of hydrogen-bond acceptors (Lipinski definition) is 3. The molecule has 1 aliphatic rings. The topological polar surface area (TPSA) is 32.6 Å². The van der Waals surface area contributed by atoms with E-state index in [0.717, 1.165) is 5.56 Å². The molecule has 124 valence electrons. The molecule has 1 aliphatic carbocycles. The molecule has 0 spiro atoms. The van der Waals surface area contributed by atoms with Gasteiger partial charge in [-0.1, -0.05) is 19.3 Å². The van der Waals surface area contributed by atoms with Gasteiger partial charge in [0.25, 0.3) is 0 Å². The fraction of sp³-hybridized carbons (Fsp3) is 0.474. The summed E-state index contributed by atoms with van der Waals surface area (Å²) in [6.45, 7) is 0. The van der Waals surface area contributed by atoms with Gasteiger partial charge in [-0.2, -0.15) is 0 Å². The first kappa shape index (κ1) is 15.8. The smallest absolute Gasteiger partial charge is 0.203 e. The molecule has 0 unspecified atom stereocenters. The van der Waals surface area contributed by atoms with Crippen molar-refractivity contribution in [3.8, 4) is 28.5 Å². The molecule has 0 amide bonds. The molecular weight excluding hydrogens is 290 g/mol. The molecule has 23 heavy (non-hydrogen) atoms. The Kier molecular flexibility index (Phi) is 4.79. The van der Waals surface area contributed by atoms with Crippen molar-refractivity contribution in [3.05, 3.63) is 30.5 Å². The monoisotopic (exact) mass is 315 g/mol. The third-order valence-electron chi connectivity index (χ3n) is 4.71. The Balaban J connectivity index is 2.03. The van der Waals surface area contributed by atoms with Crippen molar-refractivity contribution in [2.45, 2.75) is 38.1 Å². The molecule has 0 aliphatic heterocycles. The van der Waals surface area contributed by atoms with Gasteiger partial charge in [0.05, 0.1) is 21.3 Å². The zero-order valence-corrected chi connectivity index (χ0v) is 14.2. The molecular formula is C19H25NO3. The highest BCUT2D eigenvalue weighted by molar-refractivity contribution is 5.69. The largest absolute Gasteiger partial charge is 0.493 e. The number of methoxy groups -OCH3 is 3. The normalized spacial score (nSPS) is 15.4. The number of rotatable bonds is 5. The molecule has 1 aromatic heterocycles. The molecule has 0 radical (unpaired) electrons. The molecule has 1 heterocycles. The fourth-order valence-electron chi connectivity index (χ4n) is 3.55. The predicted octanol–water partition coefficient (Wildman–Crippen LogP) is 4.69. The van der Waals surface area contributed by atoms with E-state index in [1.165, 1.54) is 37.8 Å². The molecule has 1 fully saturated rings. The zero-order chi connectivity index (χ0) is 16.2. The molecule has 1 aromatic carbocycles. The first-order valence-electron chi connectivity index (χ1n) is 8.25. The summed E-state index contributed by atoms with van der Waals surface area (Å²) in [7, 11) is 4.94. The first-order chi connectivity index (χ1) is 11.3. The second kappa shape index (κ2) is 6.99. The molecule has 3 rings (SSSR count). The number of aromatic nitrogens is 1. The highest BCUT2D eigenvalue weighted by atomic mass is 16.5. The van der Waals surface area contributed by atoms with Gasteiger partial charge in [-0.3, -0.25) is 0 Å². The van der Waals surface area contributed by atoms with Gasteiger partial charge in [-0.05, 0) is 37.1 Å².